The molecule has 0 aliphatic carbocycles. The molecule has 0 fully saturated rings. The minimum atomic E-state index is -0.891. The fourth-order valence-electron chi connectivity index (χ4n) is 2.94. The summed E-state index contributed by atoms with van der Waals surface area (Å²) in [5.41, 5.74) is 1.37. The van der Waals surface area contributed by atoms with Crippen molar-refractivity contribution in [2.45, 2.75) is 13.1 Å². The normalized spacial score (nSPS) is 10.5. The Morgan fingerprint density at radius 3 is 1.67 bits per heavy atom. The fraction of sp³-hybridized carbons (Fsp3) is 0.125. The summed E-state index contributed by atoms with van der Waals surface area (Å²) in [6, 6.07) is 18.4. The van der Waals surface area contributed by atoms with Gasteiger partial charge in [-0.1, -0.05) is 37.9 Å². The molecule has 0 aliphatic rings. The molecule has 170 valence electrons. The number of esters is 1. The summed E-state index contributed by atoms with van der Waals surface area (Å²) in [5.74, 6) is -0.752. The summed E-state index contributed by atoms with van der Waals surface area (Å²) in [6.45, 7) is 1.28. The van der Waals surface area contributed by atoms with Crippen molar-refractivity contribution in [3.05, 3.63) is 92.4 Å². The van der Waals surface area contributed by atoms with E-state index in [0.717, 1.165) is 8.95 Å². The maximum atomic E-state index is 12.9. The first-order valence-corrected chi connectivity index (χ1v) is 11.3. The third kappa shape index (κ3) is 6.66. The van der Waals surface area contributed by atoms with E-state index in [1.54, 1.807) is 66.7 Å². The zero-order chi connectivity index (χ0) is 24.0. The molecule has 3 rings (SSSR count). The van der Waals surface area contributed by atoms with Crippen LogP contribution in [0.5, 0.6) is 11.5 Å². The Balaban J connectivity index is 1.92. The first kappa shape index (κ1) is 24.5. The van der Waals surface area contributed by atoms with Gasteiger partial charge in [0.25, 0.3) is 11.8 Å². The number of carbonyl (C=O) groups is 3. The third-order valence-corrected chi connectivity index (χ3v) is 5.60. The average Bonchev–Trinajstić information content (AvgIpc) is 2.79. The first-order valence-electron chi connectivity index (χ1n) is 9.76. The molecule has 7 nitrogen and oxygen atoms in total. The second-order valence-corrected chi connectivity index (χ2v) is 8.73. The molecule has 0 aliphatic heterocycles. The summed E-state index contributed by atoms with van der Waals surface area (Å²) < 4.78 is 12.2. The van der Waals surface area contributed by atoms with Gasteiger partial charge in [-0.15, -0.1) is 0 Å². The highest BCUT2D eigenvalue weighted by atomic mass is 79.9. The SMILES string of the molecule is COc1cc(C(NC(=O)c2ccc(Br)cc2)NC(=O)c2ccc(Br)cc2)ccc1OC(C)=O. The van der Waals surface area contributed by atoms with Gasteiger partial charge in [-0.05, 0) is 66.2 Å². The Labute approximate surface area is 207 Å². The van der Waals surface area contributed by atoms with Gasteiger partial charge < -0.3 is 20.1 Å². The van der Waals surface area contributed by atoms with E-state index in [2.05, 4.69) is 42.5 Å². The van der Waals surface area contributed by atoms with Crippen LogP contribution in [-0.4, -0.2) is 24.9 Å². The number of benzene rings is 3. The second-order valence-electron chi connectivity index (χ2n) is 6.90. The zero-order valence-corrected chi connectivity index (χ0v) is 20.9. The van der Waals surface area contributed by atoms with Gasteiger partial charge in [-0.3, -0.25) is 14.4 Å². The number of hydrogen-bond acceptors (Lipinski definition) is 5. The quantitative estimate of drug-likeness (QED) is 0.235. The number of halogens is 2. The topological polar surface area (TPSA) is 93.7 Å². The van der Waals surface area contributed by atoms with Crippen LogP contribution in [0.15, 0.2) is 75.7 Å². The smallest absolute Gasteiger partial charge is 0.308 e. The summed E-state index contributed by atoms with van der Waals surface area (Å²) in [4.78, 5) is 37.1. The zero-order valence-electron chi connectivity index (χ0n) is 17.7. The van der Waals surface area contributed by atoms with Crippen molar-refractivity contribution in [2.24, 2.45) is 0 Å². The minimum Gasteiger partial charge on any atom is -0.493 e. The molecule has 0 saturated carbocycles. The van der Waals surface area contributed by atoms with Gasteiger partial charge in [0, 0.05) is 27.0 Å². The van der Waals surface area contributed by atoms with E-state index in [4.69, 9.17) is 9.47 Å². The summed E-state index contributed by atoms with van der Waals surface area (Å²) in [6.07, 6.45) is -0.891. The van der Waals surface area contributed by atoms with E-state index in [1.807, 2.05) is 0 Å². The molecule has 0 bridgehead atoms. The van der Waals surface area contributed by atoms with E-state index >= 15 is 0 Å². The van der Waals surface area contributed by atoms with Gasteiger partial charge in [-0.2, -0.15) is 0 Å². The lowest BCUT2D eigenvalue weighted by Crippen LogP contribution is -2.41. The van der Waals surface area contributed by atoms with Crippen molar-refractivity contribution in [2.75, 3.05) is 7.11 Å². The Hall–Kier alpha value is -3.17. The minimum absolute atomic E-state index is 0.228. The van der Waals surface area contributed by atoms with Crippen LogP contribution >= 0.6 is 31.9 Å². The van der Waals surface area contributed by atoms with Crippen LogP contribution < -0.4 is 20.1 Å². The molecule has 0 atom stereocenters. The van der Waals surface area contributed by atoms with Gasteiger partial charge >= 0.3 is 5.97 Å². The van der Waals surface area contributed by atoms with E-state index < -0.39 is 12.1 Å². The maximum absolute atomic E-state index is 12.9. The molecule has 3 aromatic carbocycles. The number of methoxy groups -OCH3 is 1. The molecule has 0 spiro atoms. The summed E-state index contributed by atoms with van der Waals surface area (Å²) in [7, 11) is 1.43. The van der Waals surface area contributed by atoms with E-state index in [1.165, 1.54) is 14.0 Å². The number of nitrogens with one attached hydrogen (secondary N) is 2. The fourth-order valence-corrected chi connectivity index (χ4v) is 3.47. The van der Waals surface area contributed by atoms with Crippen LogP contribution in [0.1, 0.15) is 39.4 Å². The monoisotopic (exact) mass is 574 g/mol. The number of ether oxygens (including phenoxy) is 2. The second kappa shape index (κ2) is 11.1. The van der Waals surface area contributed by atoms with Crippen molar-refractivity contribution >= 4 is 49.6 Å². The molecule has 0 saturated heterocycles. The average molecular weight is 576 g/mol. The summed E-state index contributed by atoms with van der Waals surface area (Å²) >= 11 is 6.69. The van der Waals surface area contributed by atoms with Gasteiger partial charge in [0.15, 0.2) is 11.5 Å². The Kier molecular flexibility index (Phi) is 8.24. The van der Waals surface area contributed by atoms with Crippen molar-refractivity contribution in [3.8, 4) is 11.5 Å². The van der Waals surface area contributed by atoms with Crippen LogP contribution in [0, 0.1) is 0 Å². The molecule has 0 heterocycles. The Bertz CT molecular complexity index is 1100. The standard InChI is InChI=1S/C24H20Br2N2O5/c1-14(29)33-20-12-7-17(13-21(20)32-2)22(27-23(30)15-3-8-18(25)9-4-15)28-24(31)16-5-10-19(26)11-6-16/h3-13,22H,1-2H3,(H,27,30)(H,28,31). The third-order valence-electron chi connectivity index (χ3n) is 4.54. The number of amides is 2. The number of rotatable bonds is 7. The van der Waals surface area contributed by atoms with Gasteiger partial charge in [0.1, 0.15) is 6.17 Å². The molecule has 3 aromatic rings. The molecule has 2 amide bonds. The van der Waals surface area contributed by atoms with Crippen molar-refractivity contribution in [1.29, 1.82) is 0 Å². The molecular formula is C24H20Br2N2O5. The summed E-state index contributed by atoms with van der Waals surface area (Å²) in [5, 5.41) is 5.67. The lowest BCUT2D eigenvalue weighted by atomic mass is 10.1. The van der Waals surface area contributed by atoms with Crippen molar-refractivity contribution in [3.63, 3.8) is 0 Å². The highest BCUT2D eigenvalue weighted by Crippen LogP contribution is 2.30. The largest absolute Gasteiger partial charge is 0.493 e. The molecular weight excluding hydrogens is 556 g/mol. The van der Waals surface area contributed by atoms with Crippen LogP contribution in [0.3, 0.4) is 0 Å². The van der Waals surface area contributed by atoms with Crippen LogP contribution in [0.2, 0.25) is 0 Å². The van der Waals surface area contributed by atoms with E-state index in [9.17, 15) is 14.4 Å². The molecule has 33 heavy (non-hydrogen) atoms. The molecule has 0 aromatic heterocycles. The van der Waals surface area contributed by atoms with Gasteiger partial charge in [-0.25, -0.2) is 0 Å². The van der Waals surface area contributed by atoms with E-state index in [0.29, 0.717) is 16.7 Å². The van der Waals surface area contributed by atoms with Crippen LogP contribution in [0.4, 0.5) is 0 Å². The van der Waals surface area contributed by atoms with Gasteiger partial charge in [0.2, 0.25) is 0 Å². The molecule has 9 heteroatoms. The van der Waals surface area contributed by atoms with Gasteiger partial charge in [0.05, 0.1) is 7.11 Å². The van der Waals surface area contributed by atoms with Crippen molar-refractivity contribution in [1.82, 2.24) is 10.6 Å². The number of carbonyl (C=O) groups excluding carboxylic acids is 3. The lowest BCUT2D eigenvalue weighted by Gasteiger charge is -2.22. The highest BCUT2D eigenvalue weighted by Gasteiger charge is 2.21. The maximum Gasteiger partial charge on any atom is 0.308 e. The molecule has 2 N–H and O–H groups in total. The van der Waals surface area contributed by atoms with E-state index in [-0.39, 0.29) is 23.3 Å². The Morgan fingerprint density at radius 1 is 0.758 bits per heavy atom. The molecule has 0 unspecified atom stereocenters. The first-order chi connectivity index (χ1) is 15.8. The molecule has 0 radical (unpaired) electrons. The van der Waals surface area contributed by atoms with Crippen LogP contribution in [0.25, 0.3) is 0 Å². The number of hydrogen-bond donors (Lipinski definition) is 2. The van der Waals surface area contributed by atoms with Crippen molar-refractivity contribution < 1.29 is 23.9 Å². The lowest BCUT2D eigenvalue weighted by molar-refractivity contribution is -0.132. The van der Waals surface area contributed by atoms with Crippen LogP contribution in [-0.2, 0) is 4.79 Å². The Morgan fingerprint density at radius 2 is 1.24 bits per heavy atom. The predicted molar refractivity (Wildman–Crippen MR) is 130 cm³/mol. The highest BCUT2D eigenvalue weighted by molar-refractivity contribution is 9.10. The predicted octanol–water partition coefficient (Wildman–Crippen LogP) is 5.00.